The Bertz CT molecular complexity index is 2460. The molecule has 2 nitrogen and oxygen atoms in total. The zero-order chi connectivity index (χ0) is 26.9. The number of benzene rings is 7. The number of pyridine rings is 1. The average molecular weight is 522 g/mol. The van der Waals surface area contributed by atoms with E-state index in [1.165, 1.54) is 38.1 Å². The van der Waals surface area contributed by atoms with Gasteiger partial charge in [0.1, 0.15) is 11.2 Å². The molecule has 0 fully saturated rings. The molecule has 0 radical (unpaired) electrons. The van der Waals surface area contributed by atoms with Gasteiger partial charge in [0.25, 0.3) is 0 Å². The third-order valence-corrected chi connectivity index (χ3v) is 8.44. The lowest BCUT2D eigenvalue weighted by Gasteiger charge is -2.14. The predicted octanol–water partition coefficient (Wildman–Crippen LogP) is 10.9. The van der Waals surface area contributed by atoms with Gasteiger partial charge in [0.05, 0.1) is 16.6 Å². The van der Waals surface area contributed by atoms with Crippen molar-refractivity contribution in [2.75, 3.05) is 0 Å². The van der Waals surface area contributed by atoms with E-state index in [9.17, 15) is 0 Å². The molecule has 0 saturated heterocycles. The van der Waals surface area contributed by atoms with Crippen LogP contribution in [0.4, 0.5) is 0 Å². The molecule has 0 N–H and O–H groups in total. The van der Waals surface area contributed by atoms with Gasteiger partial charge in [-0.15, -0.1) is 0 Å². The van der Waals surface area contributed by atoms with Crippen LogP contribution in [0, 0.1) is 0 Å². The minimum Gasteiger partial charge on any atom is -0.455 e. The van der Waals surface area contributed by atoms with Crippen LogP contribution in [0.1, 0.15) is 0 Å². The van der Waals surface area contributed by atoms with E-state index in [4.69, 9.17) is 9.40 Å². The molecule has 9 aromatic rings. The molecule has 2 aromatic heterocycles. The summed E-state index contributed by atoms with van der Waals surface area (Å²) < 4.78 is 6.69. The van der Waals surface area contributed by atoms with E-state index < -0.39 is 0 Å². The smallest absolute Gasteiger partial charge is 0.146 e. The second-order valence-corrected chi connectivity index (χ2v) is 10.7. The van der Waals surface area contributed by atoms with E-state index in [0.717, 1.165) is 49.5 Å². The van der Waals surface area contributed by atoms with Gasteiger partial charge in [-0.3, -0.25) is 0 Å². The van der Waals surface area contributed by atoms with Crippen LogP contribution in [-0.2, 0) is 0 Å². The van der Waals surface area contributed by atoms with Crippen LogP contribution in [0.2, 0.25) is 0 Å². The van der Waals surface area contributed by atoms with E-state index in [-0.39, 0.29) is 0 Å². The molecule has 0 aliphatic heterocycles. The van der Waals surface area contributed by atoms with Crippen LogP contribution in [0.5, 0.6) is 0 Å². The zero-order valence-electron chi connectivity index (χ0n) is 22.1. The van der Waals surface area contributed by atoms with Gasteiger partial charge in [-0.25, -0.2) is 4.98 Å². The summed E-state index contributed by atoms with van der Waals surface area (Å²) in [6, 6.07) is 49.4. The van der Waals surface area contributed by atoms with Crippen molar-refractivity contribution < 1.29 is 4.42 Å². The van der Waals surface area contributed by atoms with Gasteiger partial charge in [0.15, 0.2) is 0 Å². The Morgan fingerprint density at radius 1 is 0.415 bits per heavy atom. The van der Waals surface area contributed by atoms with E-state index >= 15 is 0 Å². The Labute approximate surface area is 236 Å². The van der Waals surface area contributed by atoms with Crippen LogP contribution >= 0.6 is 0 Å². The van der Waals surface area contributed by atoms with Crippen LogP contribution < -0.4 is 0 Å². The molecule has 0 aliphatic carbocycles. The summed E-state index contributed by atoms with van der Waals surface area (Å²) in [7, 11) is 0. The van der Waals surface area contributed by atoms with Crippen molar-refractivity contribution in [2.24, 2.45) is 0 Å². The van der Waals surface area contributed by atoms with Crippen LogP contribution in [-0.4, -0.2) is 4.98 Å². The quantitative estimate of drug-likeness (QED) is 0.211. The van der Waals surface area contributed by atoms with Gasteiger partial charge in [0.2, 0.25) is 0 Å². The zero-order valence-corrected chi connectivity index (χ0v) is 22.1. The third-order valence-electron chi connectivity index (χ3n) is 8.44. The second-order valence-electron chi connectivity index (χ2n) is 10.7. The first-order valence-electron chi connectivity index (χ1n) is 14.0. The fourth-order valence-corrected chi connectivity index (χ4v) is 6.61. The second kappa shape index (κ2) is 8.51. The number of hydrogen-bond acceptors (Lipinski definition) is 2. The highest BCUT2D eigenvalue weighted by molar-refractivity contribution is 6.36. The standard InChI is InChI=1S/C39H23NO/c1-2-12-27-24(10-1)11-9-17-28(27)25-20-22-26(23-21-25)38-37-35(31-15-5-7-18-33(31)40-38)29-13-3-4-14-30(29)36-32-16-6-8-19-34(32)41-39(36)37/h1-23H. The van der Waals surface area contributed by atoms with Crippen molar-refractivity contribution in [2.45, 2.75) is 0 Å². The van der Waals surface area contributed by atoms with Gasteiger partial charge >= 0.3 is 0 Å². The monoisotopic (exact) mass is 521 g/mol. The van der Waals surface area contributed by atoms with Crippen molar-refractivity contribution in [3.05, 3.63) is 140 Å². The fraction of sp³-hybridized carbons (Fsp3) is 0. The Hall–Kier alpha value is -5.47. The Kier molecular flexibility index (Phi) is 4.64. The van der Waals surface area contributed by atoms with E-state index in [1.807, 2.05) is 6.07 Å². The predicted molar refractivity (Wildman–Crippen MR) is 172 cm³/mol. The molecular formula is C39H23NO. The molecule has 2 heterocycles. The van der Waals surface area contributed by atoms with E-state index in [0.29, 0.717) is 0 Å². The lowest BCUT2D eigenvalue weighted by Crippen LogP contribution is -1.92. The maximum Gasteiger partial charge on any atom is 0.146 e. The molecule has 41 heavy (non-hydrogen) atoms. The Morgan fingerprint density at radius 3 is 1.85 bits per heavy atom. The largest absolute Gasteiger partial charge is 0.455 e. The normalized spacial score (nSPS) is 11.9. The highest BCUT2D eigenvalue weighted by Gasteiger charge is 2.21. The molecule has 0 amide bonds. The SMILES string of the molecule is c1ccc2c(-c3ccc(-c4nc5ccccc5c5c6ccccc6c6c7ccccc7oc6c45)cc3)cccc2c1. The van der Waals surface area contributed by atoms with Crippen LogP contribution in [0.3, 0.4) is 0 Å². The summed E-state index contributed by atoms with van der Waals surface area (Å²) in [5.41, 5.74) is 7.21. The van der Waals surface area contributed by atoms with Gasteiger partial charge < -0.3 is 4.42 Å². The molecule has 0 spiro atoms. The summed E-state index contributed by atoms with van der Waals surface area (Å²) in [6.07, 6.45) is 0. The lowest BCUT2D eigenvalue weighted by atomic mass is 9.91. The number of nitrogens with zero attached hydrogens (tertiary/aromatic N) is 1. The van der Waals surface area contributed by atoms with Crippen molar-refractivity contribution >= 4 is 65.2 Å². The molecule has 0 saturated carbocycles. The van der Waals surface area contributed by atoms with Gasteiger partial charge in [-0.2, -0.15) is 0 Å². The lowest BCUT2D eigenvalue weighted by molar-refractivity contribution is 0.673. The van der Waals surface area contributed by atoms with Gasteiger partial charge in [-0.1, -0.05) is 127 Å². The maximum atomic E-state index is 6.69. The molecule has 0 bridgehead atoms. The summed E-state index contributed by atoms with van der Waals surface area (Å²) in [6.45, 7) is 0. The van der Waals surface area contributed by atoms with Gasteiger partial charge in [0, 0.05) is 27.1 Å². The van der Waals surface area contributed by atoms with Crippen molar-refractivity contribution in [3.8, 4) is 22.4 Å². The van der Waals surface area contributed by atoms with Gasteiger partial charge in [-0.05, 0) is 44.8 Å². The van der Waals surface area contributed by atoms with Crippen molar-refractivity contribution in [1.29, 1.82) is 0 Å². The first-order valence-corrected chi connectivity index (χ1v) is 14.0. The van der Waals surface area contributed by atoms with Crippen LogP contribution in [0.25, 0.3) is 87.5 Å². The highest BCUT2D eigenvalue weighted by atomic mass is 16.3. The molecular weight excluding hydrogens is 498 g/mol. The van der Waals surface area contributed by atoms with Crippen LogP contribution in [0.15, 0.2) is 144 Å². The molecule has 0 aliphatic rings. The minimum atomic E-state index is 0.894. The summed E-state index contributed by atoms with van der Waals surface area (Å²) in [4.78, 5) is 5.29. The van der Waals surface area contributed by atoms with Crippen molar-refractivity contribution in [3.63, 3.8) is 0 Å². The summed E-state index contributed by atoms with van der Waals surface area (Å²) in [5.74, 6) is 0. The number of hydrogen-bond donors (Lipinski definition) is 0. The molecule has 9 rings (SSSR count). The molecule has 190 valence electrons. The summed E-state index contributed by atoms with van der Waals surface area (Å²) in [5, 5.41) is 10.6. The number of aromatic nitrogens is 1. The molecule has 0 atom stereocenters. The topological polar surface area (TPSA) is 26.0 Å². The first-order chi connectivity index (χ1) is 20.3. The number of fused-ring (bicyclic) bond motifs is 11. The minimum absolute atomic E-state index is 0.894. The maximum absolute atomic E-state index is 6.69. The Balaban J connectivity index is 1.40. The Morgan fingerprint density at radius 2 is 1.02 bits per heavy atom. The average Bonchev–Trinajstić information content (AvgIpc) is 3.44. The first kappa shape index (κ1) is 22.4. The van der Waals surface area contributed by atoms with E-state index in [1.54, 1.807) is 0 Å². The number of furan rings is 1. The number of rotatable bonds is 2. The van der Waals surface area contributed by atoms with E-state index in [2.05, 4.69) is 133 Å². The molecule has 7 aromatic carbocycles. The molecule has 0 unspecified atom stereocenters. The number of para-hydroxylation sites is 2. The third kappa shape index (κ3) is 3.22. The summed E-state index contributed by atoms with van der Waals surface area (Å²) >= 11 is 0. The molecule has 2 heteroatoms. The highest BCUT2D eigenvalue weighted by Crippen LogP contribution is 2.46. The van der Waals surface area contributed by atoms with Crippen molar-refractivity contribution in [1.82, 2.24) is 4.98 Å². The fourth-order valence-electron chi connectivity index (χ4n) is 6.61.